The molecule has 1 N–H and O–H groups in total. The summed E-state index contributed by atoms with van der Waals surface area (Å²) in [6.45, 7) is 4.46. The summed E-state index contributed by atoms with van der Waals surface area (Å²) in [5, 5.41) is 3.66. The number of nitrogens with one attached hydrogen (secondary N) is 1. The molecule has 0 radical (unpaired) electrons. The van der Waals surface area contributed by atoms with E-state index in [-0.39, 0.29) is 12.1 Å². The Balaban J connectivity index is 1.59. The number of piperidine rings is 1. The Kier molecular flexibility index (Phi) is 4.61. The van der Waals surface area contributed by atoms with E-state index in [1.165, 1.54) is 32.1 Å². The van der Waals surface area contributed by atoms with Crippen molar-refractivity contribution in [2.75, 3.05) is 19.7 Å². The third kappa shape index (κ3) is 3.17. The Morgan fingerprint density at radius 1 is 1.15 bits per heavy atom. The van der Waals surface area contributed by atoms with Gasteiger partial charge in [-0.25, -0.2) is 0 Å². The van der Waals surface area contributed by atoms with E-state index in [1.807, 2.05) is 4.90 Å². The monoisotopic (exact) mass is 280 g/mol. The smallest absolute Gasteiger partial charge is 0.239 e. The van der Waals surface area contributed by atoms with E-state index in [0.717, 1.165) is 38.5 Å². The Bertz CT molecular complexity index is 347. The van der Waals surface area contributed by atoms with Gasteiger partial charge in [0.15, 0.2) is 0 Å². The fraction of sp³-hybridized carbons (Fsp3) is 0.938. The summed E-state index contributed by atoms with van der Waals surface area (Å²) >= 11 is 0. The summed E-state index contributed by atoms with van der Waals surface area (Å²) in [6, 6.07) is 0.645. The van der Waals surface area contributed by atoms with Gasteiger partial charge in [0.1, 0.15) is 0 Å². The molecule has 114 valence electrons. The standard InChI is InChI=1S/C16H28N2O2/c1-12-11-18(9-4-10-20-12)16(19)15-8-7-13-5-2-3-6-14(13)17-15/h12-15,17H,2-11H2,1H3. The molecule has 0 aromatic carbocycles. The fourth-order valence-corrected chi connectivity index (χ4v) is 4.10. The van der Waals surface area contributed by atoms with E-state index in [4.69, 9.17) is 4.74 Å². The van der Waals surface area contributed by atoms with Crippen molar-refractivity contribution >= 4 is 5.91 Å². The average Bonchev–Trinajstić information content (AvgIpc) is 2.70. The van der Waals surface area contributed by atoms with Crippen LogP contribution in [0.5, 0.6) is 0 Å². The first-order valence-electron chi connectivity index (χ1n) is 8.40. The largest absolute Gasteiger partial charge is 0.377 e. The molecule has 2 aliphatic heterocycles. The van der Waals surface area contributed by atoms with E-state index < -0.39 is 0 Å². The van der Waals surface area contributed by atoms with Crippen molar-refractivity contribution < 1.29 is 9.53 Å². The van der Waals surface area contributed by atoms with E-state index in [2.05, 4.69) is 12.2 Å². The highest BCUT2D eigenvalue weighted by Gasteiger charge is 2.36. The van der Waals surface area contributed by atoms with E-state index in [1.54, 1.807) is 0 Å². The van der Waals surface area contributed by atoms with Crippen LogP contribution < -0.4 is 5.32 Å². The van der Waals surface area contributed by atoms with Gasteiger partial charge in [-0.1, -0.05) is 12.8 Å². The van der Waals surface area contributed by atoms with Crippen LogP contribution in [0.2, 0.25) is 0 Å². The highest BCUT2D eigenvalue weighted by molar-refractivity contribution is 5.82. The number of fused-ring (bicyclic) bond motifs is 1. The number of rotatable bonds is 1. The van der Waals surface area contributed by atoms with Crippen LogP contribution in [-0.2, 0) is 9.53 Å². The Labute approximate surface area is 122 Å². The zero-order chi connectivity index (χ0) is 13.9. The van der Waals surface area contributed by atoms with Gasteiger partial charge in [0.2, 0.25) is 5.91 Å². The Morgan fingerprint density at radius 3 is 2.90 bits per heavy atom. The molecule has 2 saturated heterocycles. The summed E-state index contributed by atoms with van der Waals surface area (Å²) in [5.41, 5.74) is 0. The quantitative estimate of drug-likeness (QED) is 0.798. The summed E-state index contributed by atoms with van der Waals surface area (Å²) in [5.74, 6) is 1.13. The van der Waals surface area contributed by atoms with E-state index in [9.17, 15) is 4.79 Å². The van der Waals surface area contributed by atoms with Gasteiger partial charge in [0, 0.05) is 25.7 Å². The normalized spacial score (nSPS) is 39.0. The lowest BCUT2D eigenvalue weighted by Gasteiger charge is -2.41. The van der Waals surface area contributed by atoms with E-state index in [0.29, 0.717) is 11.9 Å². The number of carbonyl (C=O) groups excluding carboxylic acids is 1. The molecule has 3 aliphatic rings. The summed E-state index contributed by atoms with van der Waals surface area (Å²) in [6.07, 6.45) is 8.70. The van der Waals surface area contributed by atoms with Crippen LogP contribution in [0.4, 0.5) is 0 Å². The lowest BCUT2D eigenvalue weighted by atomic mass is 9.77. The zero-order valence-electron chi connectivity index (χ0n) is 12.6. The summed E-state index contributed by atoms with van der Waals surface area (Å²) in [7, 11) is 0. The molecule has 3 rings (SSSR count). The lowest BCUT2D eigenvalue weighted by molar-refractivity contribution is -0.135. The molecule has 4 atom stereocenters. The van der Waals surface area contributed by atoms with Gasteiger partial charge >= 0.3 is 0 Å². The molecule has 20 heavy (non-hydrogen) atoms. The second-order valence-electron chi connectivity index (χ2n) is 6.77. The first kappa shape index (κ1) is 14.3. The van der Waals surface area contributed by atoms with Crippen LogP contribution in [0.3, 0.4) is 0 Å². The van der Waals surface area contributed by atoms with Gasteiger partial charge in [-0.05, 0) is 44.9 Å². The van der Waals surface area contributed by atoms with Crippen molar-refractivity contribution in [3.05, 3.63) is 0 Å². The summed E-state index contributed by atoms with van der Waals surface area (Å²) in [4.78, 5) is 14.8. The predicted molar refractivity (Wildman–Crippen MR) is 78.5 cm³/mol. The number of hydrogen-bond donors (Lipinski definition) is 1. The molecule has 1 saturated carbocycles. The minimum atomic E-state index is 0.0552. The van der Waals surface area contributed by atoms with Crippen molar-refractivity contribution in [1.29, 1.82) is 0 Å². The van der Waals surface area contributed by atoms with Crippen LogP contribution in [0.25, 0.3) is 0 Å². The van der Waals surface area contributed by atoms with Crippen molar-refractivity contribution in [1.82, 2.24) is 10.2 Å². The first-order chi connectivity index (χ1) is 9.74. The number of carbonyl (C=O) groups is 1. The van der Waals surface area contributed by atoms with Gasteiger partial charge in [0.25, 0.3) is 0 Å². The Morgan fingerprint density at radius 2 is 2.00 bits per heavy atom. The minimum absolute atomic E-state index is 0.0552. The first-order valence-corrected chi connectivity index (χ1v) is 8.40. The second kappa shape index (κ2) is 6.44. The van der Waals surface area contributed by atoms with Crippen LogP contribution in [-0.4, -0.2) is 48.7 Å². The van der Waals surface area contributed by atoms with Crippen molar-refractivity contribution in [2.24, 2.45) is 5.92 Å². The van der Waals surface area contributed by atoms with Crippen LogP contribution in [0.1, 0.15) is 51.9 Å². The highest BCUT2D eigenvalue weighted by atomic mass is 16.5. The molecule has 4 nitrogen and oxygen atoms in total. The molecule has 1 aliphatic carbocycles. The third-order valence-electron chi connectivity index (χ3n) is 5.21. The molecule has 0 bridgehead atoms. The fourth-order valence-electron chi connectivity index (χ4n) is 4.10. The molecule has 3 fully saturated rings. The second-order valence-corrected chi connectivity index (χ2v) is 6.77. The zero-order valence-corrected chi connectivity index (χ0v) is 12.6. The van der Waals surface area contributed by atoms with Gasteiger partial charge < -0.3 is 15.0 Å². The minimum Gasteiger partial charge on any atom is -0.377 e. The number of hydrogen-bond acceptors (Lipinski definition) is 3. The number of amides is 1. The molecular weight excluding hydrogens is 252 g/mol. The van der Waals surface area contributed by atoms with Gasteiger partial charge in [0.05, 0.1) is 12.1 Å². The Hall–Kier alpha value is -0.610. The molecule has 0 aromatic heterocycles. The summed E-state index contributed by atoms with van der Waals surface area (Å²) < 4.78 is 5.64. The average molecular weight is 280 g/mol. The molecule has 0 spiro atoms. The molecule has 2 heterocycles. The maximum atomic E-state index is 12.7. The maximum Gasteiger partial charge on any atom is 0.239 e. The van der Waals surface area contributed by atoms with Gasteiger partial charge in [-0.3, -0.25) is 4.79 Å². The van der Waals surface area contributed by atoms with E-state index >= 15 is 0 Å². The molecule has 4 unspecified atom stereocenters. The van der Waals surface area contributed by atoms with Gasteiger partial charge in [-0.15, -0.1) is 0 Å². The molecule has 1 amide bonds. The van der Waals surface area contributed by atoms with Crippen molar-refractivity contribution in [3.63, 3.8) is 0 Å². The molecular formula is C16H28N2O2. The topological polar surface area (TPSA) is 41.6 Å². The third-order valence-corrected chi connectivity index (χ3v) is 5.21. The molecule has 4 heteroatoms. The number of ether oxygens (including phenoxy) is 1. The highest BCUT2D eigenvalue weighted by Crippen LogP contribution is 2.32. The predicted octanol–water partition coefficient (Wildman–Crippen LogP) is 1.93. The molecule has 0 aromatic rings. The van der Waals surface area contributed by atoms with Crippen LogP contribution in [0.15, 0.2) is 0 Å². The SMILES string of the molecule is CC1CN(C(=O)C2CCC3CCCCC3N2)CCCO1. The van der Waals surface area contributed by atoms with Gasteiger partial charge in [-0.2, -0.15) is 0 Å². The maximum absolute atomic E-state index is 12.7. The van der Waals surface area contributed by atoms with Crippen molar-refractivity contribution in [2.45, 2.75) is 70.1 Å². The number of nitrogens with zero attached hydrogens (tertiary/aromatic N) is 1. The van der Waals surface area contributed by atoms with Crippen molar-refractivity contribution in [3.8, 4) is 0 Å². The van der Waals surface area contributed by atoms with Crippen LogP contribution >= 0.6 is 0 Å². The lowest BCUT2D eigenvalue weighted by Crippen LogP contribution is -2.56. The van der Waals surface area contributed by atoms with Crippen LogP contribution in [0, 0.1) is 5.92 Å².